The molecule has 1 aliphatic rings. The topological polar surface area (TPSA) is 65.7 Å². The van der Waals surface area contributed by atoms with E-state index in [1.54, 1.807) is 17.2 Å². The van der Waals surface area contributed by atoms with Crippen LogP contribution in [0.2, 0.25) is 0 Å². The number of nitrogens with one attached hydrogen (secondary N) is 1. The van der Waals surface area contributed by atoms with E-state index in [2.05, 4.69) is 5.32 Å². The average molecular weight is 224 g/mol. The van der Waals surface area contributed by atoms with Gasteiger partial charge in [0.15, 0.2) is 0 Å². The summed E-state index contributed by atoms with van der Waals surface area (Å²) in [5, 5.41) is 11.6. The molecule has 1 heterocycles. The lowest BCUT2D eigenvalue weighted by Gasteiger charge is -2.21. The highest BCUT2D eigenvalue weighted by Crippen LogP contribution is 2.26. The summed E-state index contributed by atoms with van der Waals surface area (Å²) in [4.78, 5) is 13.5. The number of carbonyl (C=O) groups excluding carboxylic acids is 1. The van der Waals surface area contributed by atoms with Crippen LogP contribution in [0, 0.1) is 0 Å². The second kappa shape index (κ2) is 5.03. The molecule has 2 rings (SSSR count). The van der Waals surface area contributed by atoms with E-state index in [1.807, 2.05) is 6.07 Å². The molecule has 0 aromatic carbocycles. The number of furan rings is 1. The molecule has 0 spiro atoms. The molecule has 2 N–H and O–H groups in total. The quantitative estimate of drug-likeness (QED) is 0.782. The SMILES string of the molecule is O=C(NCc1ccco1)N(CCO)C1CC1. The molecule has 1 aromatic heterocycles. The molecule has 16 heavy (non-hydrogen) atoms. The number of aliphatic hydroxyl groups is 1. The van der Waals surface area contributed by atoms with Gasteiger partial charge in [-0.25, -0.2) is 4.79 Å². The number of hydrogen-bond acceptors (Lipinski definition) is 3. The zero-order valence-corrected chi connectivity index (χ0v) is 9.06. The summed E-state index contributed by atoms with van der Waals surface area (Å²) >= 11 is 0. The monoisotopic (exact) mass is 224 g/mol. The predicted molar refractivity (Wildman–Crippen MR) is 57.8 cm³/mol. The Labute approximate surface area is 94.0 Å². The molecule has 0 atom stereocenters. The van der Waals surface area contributed by atoms with Crippen molar-refractivity contribution >= 4 is 6.03 Å². The minimum atomic E-state index is -0.132. The van der Waals surface area contributed by atoms with E-state index in [0.29, 0.717) is 19.1 Å². The predicted octanol–water partition coefficient (Wildman–Crippen LogP) is 0.946. The van der Waals surface area contributed by atoms with Gasteiger partial charge in [-0.1, -0.05) is 0 Å². The highest BCUT2D eigenvalue weighted by atomic mass is 16.3. The van der Waals surface area contributed by atoms with Gasteiger partial charge >= 0.3 is 6.03 Å². The van der Waals surface area contributed by atoms with Gasteiger partial charge in [0.1, 0.15) is 5.76 Å². The molecule has 0 bridgehead atoms. The maximum Gasteiger partial charge on any atom is 0.318 e. The zero-order valence-electron chi connectivity index (χ0n) is 9.06. The van der Waals surface area contributed by atoms with Gasteiger partial charge in [-0.2, -0.15) is 0 Å². The van der Waals surface area contributed by atoms with E-state index in [0.717, 1.165) is 18.6 Å². The van der Waals surface area contributed by atoms with E-state index in [9.17, 15) is 4.79 Å². The van der Waals surface area contributed by atoms with Gasteiger partial charge in [0, 0.05) is 12.6 Å². The zero-order chi connectivity index (χ0) is 11.4. The molecule has 0 saturated heterocycles. The molecule has 2 amide bonds. The third kappa shape index (κ3) is 2.76. The molecule has 1 saturated carbocycles. The lowest BCUT2D eigenvalue weighted by Crippen LogP contribution is -2.42. The minimum absolute atomic E-state index is 0.00463. The van der Waals surface area contributed by atoms with Crippen molar-refractivity contribution in [3.05, 3.63) is 24.2 Å². The molecule has 1 fully saturated rings. The summed E-state index contributed by atoms with van der Waals surface area (Å²) in [6, 6.07) is 3.78. The maximum atomic E-state index is 11.8. The molecular formula is C11H16N2O3. The Morgan fingerprint density at radius 1 is 1.62 bits per heavy atom. The number of amides is 2. The fraction of sp³-hybridized carbons (Fsp3) is 0.545. The van der Waals surface area contributed by atoms with Crippen molar-refractivity contribution in [3.63, 3.8) is 0 Å². The van der Waals surface area contributed by atoms with Crippen LogP contribution in [0.25, 0.3) is 0 Å². The van der Waals surface area contributed by atoms with Crippen LogP contribution in [-0.4, -0.2) is 35.2 Å². The van der Waals surface area contributed by atoms with Crippen LogP contribution in [-0.2, 0) is 6.54 Å². The summed E-state index contributed by atoms with van der Waals surface area (Å²) < 4.78 is 5.12. The van der Waals surface area contributed by atoms with E-state index in [4.69, 9.17) is 9.52 Å². The Hall–Kier alpha value is -1.49. The number of carbonyl (C=O) groups is 1. The highest BCUT2D eigenvalue weighted by molar-refractivity contribution is 5.74. The highest BCUT2D eigenvalue weighted by Gasteiger charge is 2.31. The van der Waals surface area contributed by atoms with Gasteiger partial charge in [0.2, 0.25) is 0 Å². The molecule has 0 unspecified atom stereocenters. The van der Waals surface area contributed by atoms with Gasteiger partial charge in [-0.3, -0.25) is 0 Å². The third-order valence-electron chi connectivity index (χ3n) is 2.58. The van der Waals surface area contributed by atoms with E-state index < -0.39 is 0 Å². The summed E-state index contributed by atoms with van der Waals surface area (Å²) in [6.07, 6.45) is 3.65. The van der Waals surface area contributed by atoms with Crippen molar-refractivity contribution in [2.45, 2.75) is 25.4 Å². The Morgan fingerprint density at radius 3 is 3.00 bits per heavy atom. The average Bonchev–Trinajstić information content (AvgIpc) is 2.99. The molecule has 5 heteroatoms. The Kier molecular flexibility index (Phi) is 3.46. The Morgan fingerprint density at radius 2 is 2.44 bits per heavy atom. The summed E-state index contributed by atoms with van der Waals surface area (Å²) in [6.45, 7) is 0.791. The van der Waals surface area contributed by atoms with Crippen molar-refractivity contribution in [1.82, 2.24) is 10.2 Å². The summed E-state index contributed by atoms with van der Waals surface area (Å²) in [5.41, 5.74) is 0. The fourth-order valence-corrected chi connectivity index (χ4v) is 1.62. The molecule has 88 valence electrons. The van der Waals surface area contributed by atoms with Crippen LogP contribution < -0.4 is 5.32 Å². The molecule has 0 aliphatic heterocycles. The smallest absolute Gasteiger partial charge is 0.318 e. The molecule has 1 aliphatic carbocycles. The molecule has 1 aromatic rings. The van der Waals surface area contributed by atoms with E-state index >= 15 is 0 Å². The first-order valence-corrected chi connectivity index (χ1v) is 5.49. The summed E-state index contributed by atoms with van der Waals surface area (Å²) in [7, 11) is 0. The lowest BCUT2D eigenvalue weighted by atomic mass is 10.4. The lowest BCUT2D eigenvalue weighted by molar-refractivity contribution is 0.172. The van der Waals surface area contributed by atoms with E-state index in [-0.39, 0.29) is 12.6 Å². The first-order chi connectivity index (χ1) is 7.81. The molecular weight excluding hydrogens is 208 g/mol. The summed E-state index contributed by atoms with van der Waals surface area (Å²) in [5.74, 6) is 0.730. The Balaban J connectivity index is 1.81. The van der Waals surface area contributed by atoms with Crippen molar-refractivity contribution in [2.75, 3.05) is 13.2 Å². The van der Waals surface area contributed by atoms with Crippen LogP contribution in [0.15, 0.2) is 22.8 Å². The van der Waals surface area contributed by atoms with Crippen molar-refractivity contribution in [2.24, 2.45) is 0 Å². The van der Waals surface area contributed by atoms with Crippen LogP contribution in [0.4, 0.5) is 4.79 Å². The second-order valence-electron chi connectivity index (χ2n) is 3.89. The van der Waals surface area contributed by atoms with Crippen LogP contribution in [0.1, 0.15) is 18.6 Å². The first kappa shape index (κ1) is 11.0. The fourth-order valence-electron chi connectivity index (χ4n) is 1.62. The minimum Gasteiger partial charge on any atom is -0.467 e. The molecule has 0 radical (unpaired) electrons. The van der Waals surface area contributed by atoms with Gasteiger partial charge < -0.3 is 19.7 Å². The van der Waals surface area contributed by atoms with Crippen molar-refractivity contribution in [3.8, 4) is 0 Å². The van der Waals surface area contributed by atoms with E-state index in [1.165, 1.54) is 0 Å². The first-order valence-electron chi connectivity index (χ1n) is 5.49. The van der Waals surface area contributed by atoms with Gasteiger partial charge in [0.05, 0.1) is 19.4 Å². The third-order valence-corrected chi connectivity index (χ3v) is 2.58. The number of aliphatic hydroxyl groups excluding tert-OH is 1. The van der Waals surface area contributed by atoms with Crippen LogP contribution in [0.5, 0.6) is 0 Å². The van der Waals surface area contributed by atoms with Gasteiger partial charge in [0.25, 0.3) is 0 Å². The number of hydrogen-bond donors (Lipinski definition) is 2. The second-order valence-corrected chi connectivity index (χ2v) is 3.89. The van der Waals surface area contributed by atoms with Gasteiger partial charge in [-0.15, -0.1) is 0 Å². The van der Waals surface area contributed by atoms with Crippen molar-refractivity contribution < 1.29 is 14.3 Å². The molecule has 5 nitrogen and oxygen atoms in total. The standard InChI is InChI=1S/C11H16N2O3/c14-6-5-13(9-3-4-9)11(15)12-8-10-2-1-7-16-10/h1-2,7,9,14H,3-6,8H2,(H,12,15). The van der Waals surface area contributed by atoms with Crippen LogP contribution in [0.3, 0.4) is 0 Å². The maximum absolute atomic E-state index is 11.8. The number of nitrogens with zero attached hydrogens (tertiary/aromatic N) is 1. The largest absolute Gasteiger partial charge is 0.467 e. The van der Waals surface area contributed by atoms with Crippen molar-refractivity contribution in [1.29, 1.82) is 0 Å². The van der Waals surface area contributed by atoms with Crippen LogP contribution >= 0.6 is 0 Å². The number of rotatable bonds is 5. The number of urea groups is 1. The normalized spacial score (nSPS) is 14.8. The van der Waals surface area contributed by atoms with Gasteiger partial charge in [-0.05, 0) is 25.0 Å². The Bertz CT molecular complexity index is 333.